The van der Waals surface area contributed by atoms with Crippen LogP contribution in [0.25, 0.3) is 11.1 Å². The van der Waals surface area contributed by atoms with E-state index in [0.29, 0.717) is 0 Å². The number of aromatic nitrogens is 2. The molecule has 0 bridgehead atoms. The lowest BCUT2D eigenvalue weighted by Crippen LogP contribution is -2.44. The van der Waals surface area contributed by atoms with E-state index in [1.807, 2.05) is 39.3 Å². The second kappa shape index (κ2) is 8.98. The summed E-state index contributed by atoms with van der Waals surface area (Å²) < 4.78 is 0. The number of benzene rings is 1. The highest BCUT2D eigenvalue weighted by atomic mass is 16.2. The molecule has 5 nitrogen and oxygen atoms in total. The largest absolute Gasteiger partial charge is 0.348 e. The Bertz CT molecular complexity index is 1050. The maximum atomic E-state index is 13.4. The molecule has 0 spiro atoms. The van der Waals surface area contributed by atoms with Gasteiger partial charge in [0.25, 0.3) is 0 Å². The number of hydrogen-bond donors (Lipinski definition) is 0. The van der Waals surface area contributed by atoms with E-state index in [1.165, 1.54) is 5.56 Å². The number of carbonyl (C=O) groups excluding carboxylic acids is 1. The monoisotopic (exact) mass is 414 g/mol. The number of hydrogen-bond acceptors (Lipinski definition) is 4. The first kappa shape index (κ1) is 21.2. The summed E-state index contributed by atoms with van der Waals surface area (Å²) in [6, 6.07) is 18.7. The van der Waals surface area contributed by atoms with Crippen molar-refractivity contribution in [2.75, 3.05) is 27.2 Å². The van der Waals surface area contributed by atoms with Crippen LogP contribution >= 0.6 is 0 Å². The van der Waals surface area contributed by atoms with Crippen molar-refractivity contribution in [1.82, 2.24) is 19.8 Å². The van der Waals surface area contributed by atoms with Crippen LogP contribution in [0, 0.1) is 12.3 Å². The average Bonchev–Trinajstić information content (AvgIpc) is 3.17. The number of amides is 1. The molecular weight excluding hydrogens is 384 g/mol. The Balaban J connectivity index is 1.57. The number of carbonyl (C=O) groups is 1. The second-order valence-electron chi connectivity index (χ2n) is 8.83. The van der Waals surface area contributed by atoms with Crippen LogP contribution in [-0.2, 0) is 17.8 Å². The SMILES string of the molecule is Cc1cccc(CN2CC[C@](Cc3cccc(-c4cccnc4)c3)(C(=O)N(C)C)C2)n1. The number of likely N-dealkylation sites (tertiary alicyclic amines) is 1. The lowest BCUT2D eigenvalue weighted by atomic mass is 9.79. The van der Waals surface area contributed by atoms with Crippen LogP contribution in [0.2, 0.25) is 0 Å². The highest BCUT2D eigenvalue weighted by Crippen LogP contribution is 2.37. The van der Waals surface area contributed by atoms with E-state index in [9.17, 15) is 4.79 Å². The first-order valence-electron chi connectivity index (χ1n) is 10.8. The predicted octanol–water partition coefficient (Wildman–Crippen LogP) is 3.98. The molecule has 1 aliphatic heterocycles. The third-order valence-electron chi connectivity index (χ3n) is 6.09. The molecular formula is C26H30N4O. The molecule has 31 heavy (non-hydrogen) atoms. The molecule has 0 aliphatic carbocycles. The van der Waals surface area contributed by atoms with Gasteiger partial charge in [0.2, 0.25) is 5.91 Å². The molecule has 1 aromatic carbocycles. The Hall–Kier alpha value is -3.05. The Labute approximate surface area is 184 Å². The minimum absolute atomic E-state index is 0.207. The summed E-state index contributed by atoms with van der Waals surface area (Å²) in [6.45, 7) is 4.44. The third kappa shape index (κ3) is 4.83. The lowest BCUT2D eigenvalue weighted by molar-refractivity contribution is -0.138. The Morgan fingerprint density at radius 3 is 2.65 bits per heavy atom. The smallest absolute Gasteiger partial charge is 0.229 e. The van der Waals surface area contributed by atoms with Crippen molar-refractivity contribution in [2.24, 2.45) is 5.41 Å². The van der Waals surface area contributed by atoms with Crippen LogP contribution < -0.4 is 0 Å². The molecule has 3 heterocycles. The second-order valence-corrected chi connectivity index (χ2v) is 8.83. The summed E-state index contributed by atoms with van der Waals surface area (Å²) in [5.41, 5.74) is 5.09. The Morgan fingerprint density at radius 1 is 1.10 bits per heavy atom. The van der Waals surface area contributed by atoms with E-state index >= 15 is 0 Å². The summed E-state index contributed by atoms with van der Waals surface area (Å²) >= 11 is 0. The van der Waals surface area contributed by atoms with Crippen molar-refractivity contribution in [3.05, 3.63) is 83.9 Å². The van der Waals surface area contributed by atoms with Gasteiger partial charge in [-0.25, -0.2) is 0 Å². The topological polar surface area (TPSA) is 49.3 Å². The van der Waals surface area contributed by atoms with Gasteiger partial charge in [-0.1, -0.05) is 36.4 Å². The summed E-state index contributed by atoms with van der Waals surface area (Å²) in [5, 5.41) is 0. The Kier molecular flexibility index (Phi) is 6.14. The van der Waals surface area contributed by atoms with Crippen molar-refractivity contribution < 1.29 is 4.79 Å². The van der Waals surface area contributed by atoms with E-state index in [4.69, 9.17) is 0 Å². The normalized spacial score (nSPS) is 18.8. The van der Waals surface area contributed by atoms with Crippen LogP contribution in [0.3, 0.4) is 0 Å². The predicted molar refractivity (Wildman–Crippen MR) is 123 cm³/mol. The molecule has 0 N–H and O–H groups in total. The average molecular weight is 415 g/mol. The number of nitrogens with zero attached hydrogens (tertiary/aromatic N) is 4. The van der Waals surface area contributed by atoms with Gasteiger partial charge in [-0.05, 0) is 61.2 Å². The van der Waals surface area contributed by atoms with Crippen LogP contribution in [0.1, 0.15) is 23.4 Å². The van der Waals surface area contributed by atoms with Gasteiger partial charge in [0.05, 0.1) is 11.1 Å². The zero-order chi connectivity index (χ0) is 21.8. The number of pyridine rings is 2. The minimum atomic E-state index is -0.416. The summed E-state index contributed by atoms with van der Waals surface area (Å²) in [7, 11) is 3.72. The fourth-order valence-electron chi connectivity index (χ4n) is 4.66. The molecule has 160 valence electrons. The van der Waals surface area contributed by atoms with E-state index < -0.39 is 5.41 Å². The van der Waals surface area contributed by atoms with Crippen LogP contribution in [0.4, 0.5) is 0 Å². The molecule has 5 heteroatoms. The van der Waals surface area contributed by atoms with Gasteiger partial charge in [0.15, 0.2) is 0 Å². The zero-order valence-corrected chi connectivity index (χ0v) is 18.6. The molecule has 0 unspecified atom stereocenters. The van der Waals surface area contributed by atoms with Gasteiger partial charge in [0, 0.05) is 45.3 Å². The van der Waals surface area contributed by atoms with Crippen molar-refractivity contribution >= 4 is 5.91 Å². The molecule has 0 saturated carbocycles. The van der Waals surface area contributed by atoms with Gasteiger partial charge in [-0.15, -0.1) is 0 Å². The molecule has 1 amide bonds. The number of rotatable bonds is 6. The quantitative estimate of drug-likeness (QED) is 0.612. The first-order valence-corrected chi connectivity index (χ1v) is 10.8. The summed E-state index contributed by atoms with van der Waals surface area (Å²) in [5.74, 6) is 0.207. The lowest BCUT2D eigenvalue weighted by Gasteiger charge is -2.31. The molecule has 0 radical (unpaired) electrons. The van der Waals surface area contributed by atoms with Gasteiger partial charge < -0.3 is 4.90 Å². The standard InChI is InChI=1S/C26H30N4O/c1-20-7-4-11-24(28-20)18-30-14-12-26(19-30,25(31)29(2)3)16-21-8-5-9-22(15-21)23-10-6-13-27-17-23/h4-11,13,15,17H,12,14,16,18-19H2,1-3H3/t26-/m1/s1. The van der Waals surface area contributed by atoms with Crippen LogP contribution in [0.15, 0.2) is 67.0 Å². The number of aryl methyl sites for hydroxylation is 1. The van der Waals surface area contributed by atoms with Crippen molar-refractivity contribution in [2.45, 2.75) is 26.3 Å². The van der Waals surface area contributed by atoms with E-state index in [2.05, 4.69) is 57.3 Å². The van der Waals surface area contributed by atoms with Gasteiger partial charge in [-0.2, -0.15) is 0 Å². The molecule has 1 atom stereocenters. The van der Waals surface area contributed by atoms with Crippen molar-refractivity contribution in [3.8, 4) is 11.1 Å². The van der Waals surface area contributed by atoms with Gasteiger partial charge in [0.1, 0.15) is 0 Å². The Morgan fingerprint density at radius 2 is 1.90 bits per heavy atom. The maximum Gasteiger partial charge on any atom is 0.229 e. The highest BCUT2D eigenvalue weighted by molar-refractivity contribution is 5.83. The van der Waals surface area contributed by atoms with Gasteiger partial charge in [-0.3, -0.25) is 19.7 Å². The van der Waals surface area contributed by atoms with E-state index in [-0.39, 0.29) is 5.91 Å². The zero-order valence-electron chi connectivity index (χ0n) is 18.6. The fourth-order valence-corrected chi connectivity index (χ4v) is 4.66. The minimum Gasteiger partial charge on any atom is -0.348 e. The van der Waals surface area contributed by atoms with Gasteiger partial charge >= 0.3 is 0 Å². The fraction of sp³-hybridized carbons (Fsp3) is 0.346. The molecule has 3 aromatic rings. The molecule has 1 fully saturated rings. The van der Waals surface area contributed by atoms with Crippen molar-refractivity contribution in [3.63, 3.8) is 0 Å². The van der Waals surface area contributed by atoms with E-state index in [0.717, 1.165) is 55.0 Å². The van der Waals surface area contributed by atoms with Crippen LogP contribution in [0.5, 0.6) is 0 Å². The highest BCUT2D eigenvalue weighted by Gasteiger charge is 2.45. The van der Waals surface area contributed by atoms with Crippen molar-refractivity contribution in [1.29, 1.82) is 0 Å². The molecule has 4 rings (SSSR count). The molecule has 2 aromatic heterocycles. The first-order chi connectivity index (χ1) is 14.9. The summed E-state index contributed by atoms with van der Waals surface area (Å²) in [4.78, 5) is 26.4. The maximum absolute atomic E-state index is 13.4. The summed E-state index contributed by atoms with van der Waals surface area (Å²) in [6.07, 6.45) is 5.25. The molecule has 1 saturated heterocycles. The molecule has 1 aliphatic rings. The third-order valence-corrected chi connectivity index (χ3v) is 6.09. The van der Waals surface area contributed by atoms with E-state index in [1.54, 1.807) is 11.1 Å². The van der Waals surface area contributed by atoms with Crippen LogP contribution in [-0.4, -0.2) is 52.9 Å².